The van der Waals surface area contributed by atoms with Gasteiger partial charge in [-0.05, 0) is 54.8 Å². The molecule has 0 N–H and O–H groups in total. The fourth-order valence-corrected chi connectivity index (χ4v) is 6.76. The number of carbonyl (C=O) groups is 1. The van der Waals surface area contributed by atoms with Gasteiger partial charge in [-0.1, -0.05) is 42.5 Å². The van der Waals surface area contributed by atoms with Crippen LogP contribution in [0.2, 0.25) is 0 Å². The lowest BCUT2D eigenvalue weighted by Gasteiger charge is -2.31. The first-order valence-electron chi connectivity index (χ1n) is 11.0. The van der Waals surface area contributed by atoms with E-state index in [2.05, 4.69) is 6.07 Å². The van der Waals surface area contributed by atoms with E-state index in [9.17, 15) is 13.2 Å². The molecule has 2 heterocycles. The van der Waals surface area contributed by atoms with Crippen LogP contribution in [0, 0.1) is 0 Å². The van der Waals surface area contributed by atoms with Crippen LogP contribution in [0.4, 0.5) is 0 Å². The van der Waals surface area contributed by atoms with Gasteiger partial charge in [-0.15, -0.1) is 11.3 Å². The fraction of sp³-hybridized carbons (Fsp3) is 0.231. The highest BCUT2D eigenvalue weighted by molar-refractivity contribution is 7.90. The van der Waals surface area contributed by atoms with Crippen molar-refractivity contribution in [3.05, 3.63) is 95.0 Å². The summed E-state index contributed by atoms with van der Waals surface area (Å²) in [6.07, 6.45) is 1.80. The molecule has 5 nitrogen and oxygen atoms in total. The summed E-state index contributed by atoms with van der Waals surface area (Å²) >= 11 is 1.75. The third-order valence-electron chi connectivity index (χ3n) is 6.10. The van der Waals surface area contributed by atoms with Gasteiger partial charge in [-0.3, -0.25) is 4.79 Å². The number of thiazole rings is 1. The molecule has 0 aliphatic carbocycles. The summed E-state index contributed by atoms with van der Waals surface area (Å²) in [5.41, 5.74) is 2.31. The Kier molecular flexibility index (Phi) is 6.00. The molecule has 1 amide bonds. The van der Waals surface area contributed by atoms with Crippen LogP contribution in [0.1, 0.15) is 39.7 Å². The number of carbonyl (C=O) groups excluding carboxylic acids is 1. The van der Waals surface area contributed by atoms with Crippen molar-refractivity contribution in [3.63, 3.8) is 0 Å². The van der Waals surface area contributed by atoms with Gasteiger partial charge in [0, 0.05) is 24.6 Å². The lowest BCUT2D eigenvalue weighted by Crippen LogP contribution is -2.37. The molecule has 0 unspecified atom stereocenters. The van der Waals surface area contributed by atoms with E-state index in [4.69, 9.17) is 4.98 Å². The molecule has 33 heavy (non-hydrogen) atoms. The average molecular weight is 477 g/mol. The van der Waals surface area contributed by atoms with Gasteiger partial charge in [0.1, 0.15) is 0 Å². The number of likely N-dealkylation sites (tertiary alicyclic amines) is 1. The minimum atomic E-state index is -3.41. The van der Waals surface area contributed by atoms with Gasteiger partial charge >= 0.3 is 0 Å². The second-order valence-corrected chi connectivity index (χ2v) is 11.4. The second-order valence-electron chi connectivity index (χ2n) is 8.36. The van der Waals surface area contributed by atoms with E-state index in [0.717, 1.165) is 23.4 Å². The molecule has 7 heteroatoms. The SMILES string of the molecule is O=C(c1ccc(CS(=O)(=O)c2ccccc2)cc1)N1CCC(c2nc3ccccc3s2)CC1. The number of rotatable bonds is 5. The number of aromatic nitrogens is 1. The van der Waals surface area contributed by atoms with Crippen molar-refractivity contribution in [2.75, 3.05) is 13.1 Å². The van der Waals surface area contributed by atoms with E-state index in [-0.39, 0.29) is 11.7 Å². The molecule has 168 valence electrons. The number of sulfone groups is 1. The highest BCUT2D eigenvalue weighted by Crippen LogP contribution is 2.34. The number of fused-ring (bicyclic) bond motifs is 1. The number of benzene rings is 3. The number of amides is 1. The number of hydrogen-bond acceptors (Lipinski definition) is 5. The number of nitrogens with zero attached hydrogens (tertiary/aromatic N) is 2. The van der Waals surface area contributed by atoms with E-state index < -0.39 is 9.84 Å². The number of hydrogen-bond donors (Lipinski definition) is 0. The Bertz CT molecular complexity index is 1340. The summed E-state index contributed by atoms with van der Waals surface area (Å²) in [5, 5.41) is 1.16. The maximum Gasteiger partial charge on any atom is 0.253 e. The van der Waals surface area contributed by atoms with Gasteiger partial charge in [0.15, 0.2) is 9.84 Å². The quantitative estimate of drug-likeness (QED) is 0.393. The maximum atomic E-state index is 13.0. The fourth-order valence-electron chi connectivity index (χ4n) is 4.25. The van der Waals surface area contributed by atoms with Crippen LogP contribution < -0.4 is 0 Å². The molecule has 1 aromatic heterocycles. The minimum Gasteiger partial charge on any atom is -0.339 e. The van der Waals surface area contributed by atoms with Crippen LogP contribution in [-0.2, 0) is 15.6 Å². The Morgan fingerprint density at radius 1 is 0.909 bits per heavy atom. The van der Waals surface area contributed by atoms with Crippen molar-refractivity contribution in [1.29, 1.82) is 0 Å². The van der Waals surface area contributed by atoms with Crippen LogP contribution in [0.5, 0.6) is 0 Å². The van der Waals surface area contributed by atoms with Gasteiger partial charge in [0.05, 0.1) is 25.9 Å². The number of para-hydroxylation sites is 1. The molecule has 1 fully saturated rings. The average Bonchev–Trinajstić information content (AvgIpc) is 3.29. The molecule has 5 rings (SSSR count). The first-order valence-corrected chi connectivity index (χ1v) is 13.5. The van der Waals surface area contributed by atoms with E-state index in [0.29, 0.717) is 35.0 Å². The van der Waals surface area contributed by atoms with E-state index in [1.807, 2.05) is 23.1 Å². The lowest BCUT2D eigenvalue weighted by atomic mass is 9.97. The Morgan fingerprint density at radius 3 is 2.27 bits per heavy atom. The molecule has 1 aliphatic rings. The molecule has 1 saturated heterocycles. The van der Waals surface area contributed by atoms with Crippen LogP contribution >= 0.6 is 11.3 Å². The predicted molar refractivity (Wildman–Crippen MR) is 131 cm³/mol. The molecule has 1 aliphatic heterocycles. The van der Waals surface area contributed by atoms with E-state index in [1.54, 1.807) is 65.9 Å². The van der Waals surface area contributed by atoms with Crippen molar-refractivity contribution in [2.45, 2.75) is 29.4 Å². The summed E-state index contributed by atoms with van der Waals surface area (Å²) in [4.78, 5) is 20.0. The van der Waals surface area contributed by atoms with Crippen LogP contribution in [-0.4, -0.2) is 37.3 Å². The zero-order chi connectivity index (χ0) is 22.8. The van der Waals surface area contributed by atoms with Gasteiger partial charge < -0.3 is 4.90 Å². The summed E-state index contributed by atoms with van der Waals surface area (Å²) < 4.78 is 26.4. The first kappa shape index (κ1) is 21.8. The molecule has 0 saturated carbocycles. The van der Waals surface area contributed by atoms with Crippen LogP contribution in [0.15, 0.2) is 83.8 Å². The van der Waals surface area contributed by atoms with Crippen molar-refractivity contribution in [1.82, 2.24) is 9.88 Å². The van der Waals surface area contributed by atoms with Gasteiger partial charge in [-0.2, -0.15) is 0 Å². The normalized spacial score (nSPS) is 15.1. The Labute approximate surface area is 197 Å². The van der Waals surface area contributed by atoms with Crippen molar-refractivity contribution in [3.8, 4) is 0 Å². The summed E-state index contributed by atoms with van der Waals surface area (Å²) in [6, 6.07) is 23.6. The Morgan fingerprint density at radius 2 is 1.58 bits per heavy atom. The highest BCUT2D eigenvalue weighted by atomic mass is 32.2. The molecular weight excluding hydrogens is 452 g/mol. The summed E-state index contributed by atoms with van der Waals surface area (Å²) in [7, 11) is -3.41. The van der Waals surface area contributed by atoms with Crippen LogP contribution in [0.3, 0.4) is 0 Å². The van der Waals surface area contributed by atoms with E-state index in [1.165, 1.54) is 4.70 Å². The largest absolute Gasteiger partial charge is 0.339 e. The molecule has 3 aromatic carbocycles. The first-order chi connectivity index (χ1) is 16.0. The molecule has 0 spiro atoms. The standard InChI is InChI=1S/C26H24N2O3S2/c29-26(21-12-10-19(11-13-21)18-33(30,31)22-6-2-1-3-7-22)28-16-14-20(15-17-28)25-27-23-8-4-5-9-24(23)32-25/h1-13,20H,14-18H2. The topological polar surface area (TPSA) is 67.3 Å². The molecule has 0 radical (unpaired) electrons. The monoisotopic (exact) mass is 476 g/mol. The van der Waals surface area contributed by atoms with Gasteiger partial charge in [-0.25, -0.2) is 13.4 Å². The molecule has 4 aromatic rings. The Hall–Kier alpha value is -3.03. The second kappa shape index (κ2) is 9.08. The third kappa shape index (κ3) is 4.70. The minimum absolute atomic E-state index is 0.00443. The highest BCUT2D eigenvalue weighted by Gasteiger charge is 2.26. The maximum absolute atomic E-state index is 13.0. The zero-order valence-electron chi connectivity index (χ0n) is 18.1. The van der Waals surface area contributed by atoms with Gasteiger partial charge in [0.2, 0.25) is 0 Å². The Balaban J connectivity index is 1.21. The van der Waals surface area contributed by atoms with Crippen molar-refractivity contribution >= 4 is 37.3 Å². The van der Waals surface area contributed by atoms with Crippen molar-refractivity contribution in [2.24, 2.45) is 0 Å². The van der Waals surface area contributed by atoms with Crippen molar-refractivity contribution < 1.29 is 13.2 Å². The summed E-state index contributed by atoms with van der Waals surface area (Å²) in [5.74, 6) is 0.297. The molecular formula is C26H24N2O3S2. The third-order valence-corrected chi connectivity index (χ3v) is 9.00. The molecule has 0 bridgehead atoms. The van der Waals surface area contributed by atoms with Gasteiger partial charge in [0.25, 0.3) is 5.91 Å². The lowest BCUT2D eigenvalue weighted by molar-refractivity contribution is 0.0713. The predicted octanol–water partition coefficient (Wildman–Crippen LogP) is 5.29. The zero-order valence-corrected chi connectivity index (χ0v) is 19.7. The molecule has 0 atom stereocenters. The van der Waals surface area contributed by atoms with E-state index >= 15 is 0 Å². The number of piperidine rings is 1. The summed E-state index contributed by atoms with van der Waals surface area (Å²) in [6.45, 7) is 1.40. The smallest absolute Gasteiger partial charge is 0.253 e. The van der Waals surface area contributed by atoms with Crippen LogP contribution in [0.25, 0.3) is 10.2 Å².